The second kappa shape index (κ2) is 8.18. The van der Waals surface area contributed by atoms with Gasteiger partial charge in [0.1, 0.15) is 17.9 Å². The third kappa shape index (κ3) is 3.96. The number of benzene rings is 1. The molecule has 0 radical (unpaired) electrons. The van der Waals surface area contributed by atoms with Crippen molar-refractivity contribution >= 4 is 23.8 Å². The summed E-state index contributed by atoms with van der Waals surface area (Å²) in [6, 6.07) is 4.40. The quantitative estimate of drug-likeness (QED) is 0.536. The number of ether oxygens (including phenoxy) is 1. The lowest BCUT2D eigenvalue weighted by atomic mass is 9.93. The van der Waals surface area contributed by atoms with Crippen molar-refractivity contribution in [2.24, 2.45) is 11.8 Å². The summed E-state index contributed by atoms with van der Waals surface area (Å²) in [5.41, 5.74) is -0.370. The third-order valence-corrected chi connectivity index (χ3v) is 6.57. The number of carbonyl (C=O) groups is 4. The second-order valence-corrected chi connectivity index (χ2v) is 9.26. The van der Waals surface area contributed by atoms with E-state index in [4.69, 9.17) is 4.74 Å². The number of hydrogen-bond donors (Lipinski definition) is 1. The summed E-state index contributed by atoms with van der Waals surface area (Å²) < 4.78 is 18.9. The number of carbonyl (C=O) groups excluding carboxylic acids is 4. The molecule has 2 saturated heterocycles. The van der Waals surface area contributed by atoms with E-state index in [1.165, 1.54) is 17.0 Å². The van der Waals surface area contributed by atoms with Gasteiger partial charge in [0.05, 0.1) is 18.1 Å². The number of imide groups is 1. The Bertz CT molecular complexity index is 945. The van der Waals surface area contributed by atoms with Crippen LogP contribution < -0.4 is 5.32 Å². The van der Waals surface area contributed by atoms with Gasteiger partial charge in [-0.25, -0.2) is 9.18 Å². The number of urea groups is 1. The van der Waals surface area contributed by atoms with Crippen molar-refractivity contribution < 1.29 is 28.3 Å². The van der Waals surface area contributed by atoms with E-state index in [-0.39, 0.29) is 18.6 Å². The lowest BCUT2D eigenvalue weighted by molar-refractivity contribution is -0.154. The third-order valence-electron chi connectivity index (χ3n) is 6.57. The zero-order chi connectivity index (χ0) is 23.2. The van der Waals surface area contributed by atoms with Crippen molar-refractivity contribution in [1.29, 1.82) is 0 Å². The fraction of sp³-hybridized carbons (Fsp3) is 0.565. The molecule has 172 valence electrons. The zero-order valence-corrected chi connectivity index (χ0v) is 18.5. The number of nitrogens with zero attached hydrogens (tertiary/aromatic N) is 2. The van der Waals surface area contributed by atoms with E-state index < -0.39 is 53.7 Å². The zero-order valence-electron chi connectivity index (χ0n) is 18.5. The van der Waals surface area contributed by atoms with Gasteiger partial charge in [-0.2, -0.15) is 0 Å². The van der Waals surface area contributed by atoms with Crippen molar-refractivity contribution in [2.75, 3.05) is 13.1 Å². The largest absolute Gasteiger partial charge is 0.463 e. The molecule has 3 fully saturated rings. The number of halogens is 1. The number of amides is 4. The number of esters is 1. The number of nitrogens with one attached hydrogen (secondary N) is 1. The molecule has 1 aromatic carbocycles. The molecule has 2 aliphatic heterocycles. The molecule has 0 unspecified atom stereocenters. The molecular formula is C23H28FN3O5. The van der Waals surface area contributed by atoms with Gasteiger partial charge in [-0.3, -0.25) is 19.3 Å². The van der Waals surface area contributed by atoms with Crippen molar-refractivity contribution in [1.82, 2.24) is 15.1 Å². The first-order chi connectivity index (χ1) is 15.1. The highest BCUT2D eigenvalue weighted by atomic mass is 19.1. The molecule has 32 heavy (non-hydrogen) atoms. The highest BCUT2D eigenvalue weighted by Gasteiger charge is 2.56. The maximum atomic E-state index is 13.5. The Morgan fingerprint density at radius 1 is 1.19 bits per heavy atom. The summed E-state index contributed by atoms with van der Waals surface area (Å²) in [4.78, 5) is 53.8. The summed E-state index contributed by atoms with van der Waals surface area (Å²) >= 11 is 0. The number of hydrogen-bond acceptors (Lipinski definition) is 5. The molecule has 4 rings (SSSR count). The highest BCUT2D eigenvalue weighted by molar-refractivity contribution is 6.09. The van der Waals surface area contributed by atoms with E-state index in [1.54, 1.807) is 32.9 Å². The fourth-order valence-corrected chi connectivity index (χ4v) is 4.73. The van der Waals surface area contributed by atoms with Crippen LogP contribution in [0.25, 0.3) is 0 Å². The van der Waals surface area contributed by atoms with Crippen LogP contribution in [0.2, 0.25) is 0 Å². The van der Waals surface area contributed by atoms with Gasteiger partial charge in [-0.05, 0) is 63.6 Å². The summed E-state index contributed by atoms with van der Waals surface area (Å²) in [6.07, 6.45) is 1.79. The van der Waals surface area contributed by atoms with Gasteiger partial charge in [-0.15, -0.1) is 0 Å². The Morgan fingerprint density at radius 3 is 2.44 bits per heavy atom. The first-order valence-corrected chi connectivity index (χ1v) is 11.0. The van der Waals surface area contributed by atoms with Gasteiger partial charge in [0.2, 0.25) is 5.91 Å². The predicted octanol–water partition coefficient (Wildman–Crippen LogP) is 2.39. The van der Waals surface area contributed by atoms with Crippen LogP contribution in [-0.4, -0.2) is 58.3 Å². The van der Waals surface area contributed by atoms with Crippen LogP contribution in [0.5, 0.6) is 0 Å². The average Bonchev–Trinajstić information content (AvgIpc) is 3.46. The molecule has 4 amide bonds. The van der Waals surface area contributed by atoms with Crippen LogP contribution in [0.15, 0.2) is 24.3 Å². The normalized spacial score (nSPS) is 27.8. The molecule has 0 bridgehead atoms. The molecule has 1 N–H and O–H groups in total. The highest BCUT2D eigenvalue weighted by Crippen LogP contribution is 2.43. The molecule has 3 atom stereocenters. The van der Waals surface area contributed by atoms with Gasteiger partial charge in [0, 0.05) is 6.54 Å². The van der Waals surface area contributed by atoms with Crippen LogP contribution in [0.1, 0.15) is 51.6 Å². The Hall–Kier alpha value is -2.97. The molecule has 2 heterocycles. The average molecular weight is 445 g/mol. The summed E-state index contributed by atoms with van der Waals surface area (Å²) in [7, 11) is 0. The van der Waals surface area contributed by atoms with Crippen LogP contribution in [0.3, 0.4) is 0 Å². The van der Waals surface area contributed by atoms with Gasteiger partial charge < -0.3 is 15.0 Å². The van der Waals surface area contributed by atoms with Crippen LogP contribution in [0.4, 0.5) is 9.18 Å². The van der Waals surface area contributed by atoms with E-state index in [1.807, 2.05) is 0 Å². The minimum atomic E-state index is -0.970. The molecule has 1 saturated carbocycles. The second-order valence-electron chi connectivity index (χ2n) is 9.26. The first kappa shape index (κ1) is 22.2. The predicted molar refractivity (Wildman–Crippen MR) is 112 cm³/mol. The standard InChI is InChI=1S/C23H28FN3O5/c1-13(2)32-20(29)17-10-11-26(19(17)14-4-8-16(24)9-5-14)18(28)12-27-21(30)23(3,15-6-7-15)25-22(27)31/h4-5,8-9,13,15,17,19H,6-7,10-12H2,1-3H3,(H,25,31)/t17-,19-,23+/m1/s1. The van der Waals surface area contributed by atoms with Crippen LogP contribution in [0, 0.1) is 17.7 Å². The minimum Gasteiger partial charge on any atom is -0.463 e. The Morgan fingerprint density at radius 2 is 1.84 bits per heavy atom. The van der Waals surface area contributed by atoms with Gasteiger partial charge in [0.25, 0.3) is 5.91 Å². The first-order valence-electron chi connectivity index (χ1n) is 11.0. The summed E-state index contributed by atoms with van der Waals surface area (Å²) in [5.74, 6) is -2.22. The Labute approximate surface area is 186 Å². The lowest BCUT2D eigenvalue weighted by Crippen LogP contribution is -2.47. The van der Waals surface area contributed by atoms with Crippen LogP contribution in [-0.2, 0) is 19.1 Å². The van der Waals surface area contributed by atoms with E-state index >= 15 is 0 Å². The van der Waals surface area contributed by atoms with E-state index in [0.717, 1.165) is 17.7 Å². The molecule has 8 nitrogen and oxygen atoms in total. The number of rotatable bonds is 6. The topological polar surface area (TPSA) is 96.0 Å². The van der Waals surface area contributed by atoms with Crippen molar-refractivity contribution in [3.05, 3.63) is 35.6 Å². The maximum absolute atomic E-state index is 13.5. The molecule has 1 aliphatic carbocycles. The molecule has 0 aromatic heterocycles. The molecule has 0 spiro atoms. The lowest BCUT2D eigenvalue weighted by Gasteiger charge is -2.29. The maximum Gasteiger partial charge on any atom is 0.325 e. The van der Waals surface area contributed by atoms with Gasteiger partial charge >= 0.3 is 12.0 Å². The van der Waals surface area contributed by atoms with Crippen molar-refractivity contribution in [2.45, 2.75) is 57.7 Å². The van der Waals surface area contributed by atoms with E-state index in [9.17, 15) is 23.6 Å². The van der Waals surface area contributed by atoms with E-state index in [2.05, 4.69) is 5.32 Å². The fourth-order valence-electron chi connectivity index (χ4n) is 4.73. The SMILES string of the molecule is CC(C)OC(=O)[C@@H]1CCN(C(=O)CN2C(=O)N[C@@](C)(C3CC3)C2=O)[C@@H]1c1ccc(F)cc1. The molecular weight excluding hydrogens is 417 g/mol. The smallest absolute Gasteiger partial charge is 0.325 e. The van der Waals surface area contributed by atoms with E-state index in [0.29, 0.717) is 12.0 Å². The minimum absolute atomic E-state index is 0.0907. The molecule has 9 heteroatoms. The molecule has 3 aliphatic rings. The van der Waals surface area contributed by atoms with Crippen LogP contribution >= 0.6 is 0 Å². The van der Waals surface area contributed by atoms with Crippen molar-refractivity contribution in [3.8, 4) is 0 Å². The Balaban J connectivity index is 1.56. The summed E-state index contributed by atoms with van der Waals surface area (Å²) in [5, 5.41) is 2.74. The van der Waals surface area contributed by atoms with Gasteiger partial charge in [0.15, 0.2) is 0 Å². The van der Waals surface area contributed by atoms with Gasteiger partial charge in [-0.1, -0.05) is 12.1 Å². The molecule has 1 aromatic rings. The Kier molecular flexibility index (Phi) is 5.68. The summed E-state index contributed by atoms with van der Waals surface area (Å²) in [6.45, 7) is 5.05. The monoisotopic (exact) mass is 445 g/mol. The van der Waals surface area contributed by atoms with Crippen molar-refractivity contribution in [3.63, 3.8) is 0 Å². The number of likely N-dealkylation sites (tertiary alicyclic amines) is 1.